The van der Waals surface area contributed by atoms with Gasteiger partial charge in [-0.25, -0.2) is 0 Å². The van der Waals surface area contributed by atoms with Crippen molar-refractivity contribution in [3.63, 3.8) is 0 Å². The Labute approximate surface area is 137 Å². The molecule has 2 heteroatoms. The molecule has 2 N–H and O–H groups in total. The fraction of sp³-hybridized carbons (Fsp3) is 0.143. The molecule has 0 amide bonds. The van der Waals surface area contributed by atoms with E-state index < -0.39 is 0 Å². The van der Waals surface area contributed by atoms with Gasteiger partial charge in [-0.2, -0.15) is 0 Å². The van der Waals surface area contributed by atoms with Crippen LogP contribution in [0.5, 0.6) is 0 Å². The summed E-state index contributed by atoms with van der Waals surface area (Å²) in [5, 5.41) is 7.49. The van der Waals surface area contributed by atoms with Crippen LogP contribution in [0.2, 0.25) is 0 Å². The van der Waals surface area contributed by atoms with Crippen LogP contribution in [0.1, 0.15) is 29.7 Å². The summed E-state index contributed by atoms with van der Waals surface area (Å²) in [5.41, 5.74) is 4.67. The van der Waals surface area contributed by atoms with Crippen LogP contribution in [0.15, 0.2) is 84.9 Å². The molecule has 0 unspecified atom stereocenters. The molecule has 1 aliphatic heterocycles. The van der Waals surface area contributed by atoms with E-state index >= 15 is 0 Å². The van der Waals surface area contributed by atoms with E-state index in [4.69, 9.17) is 0 Å². The van der Waals surface area contributed by atoms with Crippen LogP contribution < -0.4 is 10.6 Å². The fourth-order valence-electron chi connectivity index (χ4n) is 3.37. The third-order valence-corrected chi connectivity index (χ3v) is 4.57. The van der Waals surface area contributed by atoms with Gasteiger partial charge in [0.05, 0.1) is 6.04 Å². The summed E-state index contributed by atoms with van der Waals surface area (Å²) in [5.74, 6) is 0. The molecule has 3 aromatic carbocycles. The highest BCUT2D eigenvalue weighted by Gasteiger charge is 2.35. The number of hydrogen-bond donors (Lipinski definition) is 2. The van der Waals surface area contributed by atoms with Gasteiger partial charge in [0.15, 0.2) is 0 Å². The van der Waals surface area contributed by atoms with Gasteiger partial charge in [-0.15, -0.1) is 0 Å². The Morgan fingerprint density at radius 1 is 0.739 bits per heavy atom. The van der Waals surface area contributed by atoms with Crippen LogP contribution in [0.25, 0.3) is 0 Å². The second kappa shape index (κ2) is 5.56. The van der Waals surface area contributed by atoms with Crippen LogP contribution in [-0.2, 0) is 5.66 Å². The molecule has 0 fully saturated rings. The number of rotatable bonds is 2. The standard InChI is InChI=1S/C21H20N2/c1-21(17-12-6-3-7-13-17)22-19-15-9-8-14-18(19)20(23-21)16-10-4-2-5-11-16/h2-15,20,22-23H,1H3/t20-,21-/m0/s1. The van der Waals surface area contributed by atoms with E-state index in [9.17, 15) is 0 Å². The molecule has 2 atom stereocenters. The van der Waals surface area contributed by atoms with E-state index in [-0.39, 0.29) is 11.7 Å². The van der Waals surface area contributed by atoms with E-state index in [0.29, 0.717) is 0 Å². The van der Waals surface area contributed by atoms with Gasteiger partial charge in [0.25, 0.3) is 0 Å². The molecular formula is C21H20N2. The number of nitrogens with one attached hydrogen (secondary N) is 2. The first-order valence-corrected chi connectivity index (χ1v) is 8.01. The van der Waals surface area contributed by atoms with Crippen molar-refractivity contribution < 1.29 is 0 Å². The summed E-state index contributed by atoms with van der Waals surface area (Å²) in [6.07, 6.45) is 0. The molecular weight excluding hydrogens is 280 g/mol. The predicted molar refractivity (Wildman–Crippen MR) is 95.3 cm³/mol. The van der Waals surface area contributed by atoms with Crippen molar-refractivity contribution in [2.45, 2.75) is 18.6 Å². The van der Waals surface area contributed by atoms with Crippen molar-refractivity contribution in [1.82, 2.24) is 5.32 Å². The summed E-state index contributed by atoms with van der Waals surface area (Å²) < 4.78 is 0. The number of fused-ring (bicyclic) bond motifs is 1. The van der Waals surface area contributed by atoms with Gasteiger partial charge in [-0.1, -0.05) is 78.9 Å². The van der Waals surface area contributed by atoms with Gasteiger partial charge in [-0.3, -0.25) is 5.32 Å². The summed E-state index contributed by atoms with van der Waals surface area (Å²) >= 11 is 0. The Hall–Kier alpha value is -2.58. The van der Waals surface area contributed by atoms with E-state index in [1.807, 2.05) is 0 Å². The topological polar surface area (TPSA) is 24.1 Å². The van der Waals surface area contributed by atoms with Crippen molar-refractivity contribution >= 4 is 5.69 Å². The van der Waals surface area contributed by atoms with Crippen molar-refractivity contribution in [2.75, 3.05) is 5.32 Å². The maximum Gasteiger partial charge on any atom is 0.112 e. The van der Waals surface area contributed by atoms with E-state index in [1.54, 1.807) is 0 Å². The Morgan fingerprint density at radius 2 is 1.35 bits per heavy atom. The highest BCUT2D eigenvalue weighted by atomic mass is 15.2. The van der Waals surface area contributed by atoms with Crippen LogP contribution in [-0.4, -0.2) is 0 Å². The fourth-order valence-corrected chi connectivity index (χ4v) is 3.37. The van der Waals surface area contributed by atoms with Crippen LogP contribution in [0.3, 0.4) is 0 Å². The SMILES string of the molecule is C[C@]1(c2ccccc2)Nc2ccccc2[C@H](c2ccccc2)N1. The zero-order valence-electron chi connectivity index (χ0n) is 13.2. The minimum atomic E-state index is -0.309. The molecule has 4 rings (SSSR count). The molecule has 114 valence electrons. The molecule has 3 aromatic rings. The maximum atomic E-state index is 3.81. The lowest BCUT2D eigenvalue weighted by molar-refractivity contribution is 0.367. The lowest BCUT2D eigenvalue weighted by Crippen LogP contribution is -2.51. The number of para-hydroxylation sites is 1. The molecule has 0 radical (unpaired) electrons. The third-order valence-electron chi connectivity index (χ3n) is 4.57. The van der Waals surface area contributed by atoms with Gasteiger partial charge >= 0.3 is 0 Å². The number of benzene rings is 3. The highest BCUT2D eigenvalue weighted by Crippen LogP contribution is 2.39. The summed E-state index contributed by atoms with van der Waals surface area (Å²) in [6.45, 7) is 2.20. The van der Waals surface area contributed by atoms with Crippen molar-refractivity contribution in [2.24, 2.45) is 0 Å². The minimum absolute atomic E-state index is 0.166. The lowest BCUT2D eigenvalue weighted by Gasteiger charge is -2.43. The third kappa shape index (κ3) is 2.51. The first-order chi connectivity index (χ1) is 11.3. The first kappa shape index (κ1) is 14.0. The van der Waals surface area contributed by atoms with E-state index in [2.05, 4.69) is 102 Å². The zero-order valence-corrected chi connectivity index (χ0v) is 13.2. The average molecular weight is 300 g/mol. The number of hydrogen-bond acceptors (Lipinski definition) is 2. The van der Waals surface area contributed by atoms with E-state index in [0.717, 1.165) is 0 Å². The smallest absolute Gasteiger partial charge is 0.112 e. The lowest BCUT2D eigenvalue weighted by atomic mass is 9.89. The van der Waals surface area contributed by atoms with Crippen molar-refractivity contribution in [3.05, 3.63) is 102 Å². The first-order valence-electron chi connectivity index (χ1n) is 8.01. The molecule has 0 saturated carbocycles. The Kier molecular flexibility index (Phi) is 3.40. The summed E-state index contributed by atoms with van der Waals surface area (Å²) in [4.78, 5) is 0. The summed E-state index contributed by atoms with van der Waals surface area (Å²) in [7, 11) is 0. The monoisotopic (exact) mass is 300 g/mol. The van der Waals surface area contributed by atoms with Gasteiger partial charge < -0.3 is 5.32 Å². The van der Waals surface area contributed by atoms with Crippen molar-refractivity contribution in [1.29, 1.82) is 0 Å². The second-order valence-corrected chi connectivity index (χ2v) is 6.19. The molecule has 0 spiro atoms. The molecule has 0 saturated heterocycles. The predicted octanol–water partition coefficient (Wildman–Crippen LogP) is 4.66. The van der Waals surface area contributed by atoms with Gasteiger partial charge in [0, 0.05) is 5.69 Å². The largest absolute Gasteiger partial charge is 0.363 e. The van der Waals surface area contributed by atoms with Crippen LogP contribution >= 0.6 is 0 Å². The normalized spacial score (nSPS) is 22.9. The maximum absolute atomic E-state index is 3.81. The highest BCUT2D eigenvalue weighted by molar-refractivity contribution is 5.60. The molecule has 2 nitrogen and oxygen atoms in total. The quantitative estimate of drug-likeness (QED) is 0.719. The van der Waals surface area contributed by atoms with Gasteiger partial charge in [0.1, 0.15) is 5.66 Å². The zero-order chi connectivity index (χ0) is 15.7. The minimum Gasteiger partial charge on any atom is -0.363 e. The van der Waals surface area contributed by atoms with Crippen LogP contribution in [0.4, 0.5) is 5.69 Å². The van der Waals surface area contributed by atoms with Crippen molar-refractivity contribution in [3.8, 4) is 0 Å². The van der Waals surface area contributed by atoms with E-state index in [1.165, 1.54) is 22.4 Å². The Morgan fingerprint density at radius 3 is 2.09 bits per heavy atom. The molecule has 1 aliphatic rings. The van der Waals surface area contributed by atoms with Gasteiger partial charge in [-0.05, 0) is 29.7 Å². The molecule has 0 bridgehead atoms. The Balaban J connectivity index is 1.83. The molecule has 1 heterocycles. The summed E-state index contributed by atoms with van der Waals surface area (Å²) in [6, 6.07) is 29.9. The second-order valence-electron chi connectivity index (χ2n) is 6.19. The molecule has 0 aliphatic carbocycles. The molecule has 23 heavy (non-hydrogen) atoms. The molecule has 0 aromatic heterocycles. The van der Waals surface area contributed by atoms with Crippen LogP contribution in [0, 0.1) is 0 Å². The Bertz CT molecular complexity index is 798. The van der Waals surface area contributed by atoms with Gasteiger partial charge in [0.2, 0.25) is 0 Å². The average Bonchev–Trinajstić information content (AvgIpc) is 2.62. The number of anilines is 1.